The van der Waals surface area contributed by atoms with Crippen LogP contribution in [0.25, 0.3) is 0 Å². The summed E-state index contributed by atoms with van der Waals surface area (Å²) >= 11 is 1.65. The van der Waals surface area contributed by atoms with E-state index in [1.54, 1.807) is 18.4 Å². The second-order valence-corrected chi connectivity index (χ2v) is 5.22. The van der Waals surface area contributed by atoms with E-state index in [0.717, 1.165) is 34.6 Å². The van der Waals surface area contributed by atoms with E-state index in [-0.39, 0.29) is 0 Å². The molecule has 0 aliphatic rings. The van der Waals surface area contributed by atoms with Crippen LogP contribution in [0.3, 0.4) is 0 Å². The normalized spacial score (nSPS) is 10.7. The van der Waals surface area contributed by atoms with E-state index in [4.69, 9.17) is 4.74 Å². The van der Waals surface area contributed by atoms with Crippen molar-refractivity contribution in [2.75, 3.05) is 19.0 Å². The van der Waals surface area contributed by atoms with Crippen molar-refractivity contribution < 1.29 is 4.74 Å². The average molecular weight is 278 g/mol. The molecule has 0 amide bonds. The molecule has 0 aliphatic heterocycles. The van der Waals surface area contributed by atoms with E-state index in [1.165, 1.54) is 0 Å². The lowest BCUT2D eigenvalue weighted by molar-refractivity contribution is 0.181. The van der Waals surface area contributed by atoms with E-state index in [9.17, 15) is 0 Å². The first-order valence-electron chi connectivity index (χ1n) is 6.22. The van der Waals surface area contributed by atoms with Gasteiger partial charge in [-0.1, -0.05) is 0 Å². The first-order chi connectivity index (χ1) is 9.21. The lowest BCUT2D eigenvalue weighted by atomic mass is 10.3. The highest BCUT2D eigenvalue weighted by molar-refractivity contribution is 7.09. The van der Waals surface area contributed by atoms with E-state index >= 15 is 0 Å². The molecule has 2 rings (SSSR count). The molecule has 0 saturated carbocycles. The zero-order chi connectivity index (χ0) is 13.7. The smallest absolute Gasteiger partial charge is 0.137 e. The molecule has 6 heteroatoms. The SMILES string of the molecule is CCNc1cc(COC)nc(Cc2csc(C)n2)n1. The Morgan fingerprint density at radius 3 is 2.74 bits per heavy atom. The van der Waals surface area contributed by atoms with Gasteiger partial charge in [-0.3, -0.25) is 0 Å². The number of aryl methyl sites for hydroxylation is 1. The van der Waals surface area contributed by atoms with Crippen LogP contribution in [-0.2, 0) is 17.8 Å². The van der Waals surface area contributed by atoms with Gasteiger partial charge in [-0.15, -0.1) is 11.3 Å². The molecule has 19 heavy (non-hydrogen) atoms. The topological polar surface area (TPSA) is 59.9 Å². The number of methoxy groups -OCH3 is 1. The minimum atomic E-state index is 0.490. The summed E-state index contributed by atoms with van der Waals surface area (Å²) < 4.78 is 5.14. The van der Waals surface area contributed by atoms with Gasteiger partial charge in [0.2, 0.25) is 0 Å². The number of hydrogen-bond donors (Lipinski definition) is 1. The monoisotopic (exact) mass is 278 g/mol. The largest absolute Gasteiger partial charge is 0.378 e. The molecule has 0 bridgehead atoms. The van der Waals surface area contributed by atoms with E-state index in [0.29, 0.717) is 13.0 Å². The fraction of sp³-hybridized carbons (Fsp3) is 0.462. The highest BCUT2D eigenvalue weighted by Crippen LogP contribution is 2.14. The summed E-state index contributed by atoms with van der Waals surface area (Å²) in [6.07, 6.45) is 0.653. The van der Waals surface area contributed by atoms with Crippen LogP contribution in [0, 0.1) is 6.92 Å². The zero-order valence-electron chi connectivity index (χ0n) is 11.4. The van der Waals surface area contributed by atoms with Crippen molar-refractivity contribution in [3.63, 3.8) is 0 Å². The van der Waals surface area contributed by atoms with Crippen molar-refractivity contribution in [2.24, 2.45) is 0 Å². The van der Waals surface area contributed by atoms with Crippen LogP contribution in [0.1, 0.15) is 29.1 Å². The molecule has 0 aliphatic carbocycles. The van der Waals surface area contributed by atoms with Crippen LogP contribution in [0.5, 0.6) is 0 Å². The number of nitrogens with one attached hydrogen (secondary N) is 1. The Balaban J connectivity index is 2.22. The summed E-state index contributed by atoms with van der Waals surface area (Å²) in [6.45, 7) is 5.37. The minimum absolute atomic E-state index is 0.490. The zero-order valence-corrected chi connectivity index (χ0v) is 12.3. The maximum atomic E-state index is 5.14. The molecule has 2 aromatic heterocycles. The lowest BCUT2D eigenvalue weighted by Crippen LogP contribution is -2.07. The van der Waals surface area contributed by atoms with Gasteiger partial charge in [0.25, 0.3) is 0 Å². The molecule has 0 aromatic carbocycles. The van der Waals surface area contributed by atoms with Crippen molar-refractivity contribution in [3.8, 4) is 0 Å². The van der Waals surface area contributed by atoms with Gasteiger partial charge >= 0.3 is 0 Å². The van der Waals surface area contributed by atoms with Crippen LogP contribution >= 0.6 is 11.3 Å². The minimum Gasteiger partial charge on any atom is -0.378 e. The summed E-state index contributed by atoms with van der Waals surface area (Å²) in [7, 11) is 1.67. The average Bonchev–Trinajstić information content (AvgIpc) is 2.75. The molecule has 5 nitrogen and oxygen atoms in total. The van der Waals surface area contributed by atoms with E-state index in [2.05, 4.69) is 25.6 Å². The molecule has 0 atom stereocenters. The third-order valence-electron chi connectivity index (χ3n) is 2.48. The maximum Gasteiger partial charge on any atom is 0.137 e. The van der Waals surface area contributed by atoms with Gasteiger partial charge < -0.3 is 10.1 Å². The molecular weight excluding hydrogens is 260 g/mol. The molecule has 102 valence electrons. The Kier molecular flexibility index (Phi) is 4.81. The van der Waals surface area contributed by atoms with Gasteiger partial charge in [0.05, 0.1) is 29.4 Å². The number of ether oxygens (including phenoxy) is 1. The highest BCUT2D eigenvalue weighted by atomic mass is 32.1. The molecule has 0 radical (unpaired) electrons. The standard InChI is InChI=1S/C13H18N4OS/c1-4-14-12-5-10(7-18-3)16-13(17-12)6-11-8-19-9(2)15-11/h5,8H,4,6-7H2,1-3H3,(H,14,16,17). The van der Waals surface area contributed by atoms with Gasteiger partial charge in [0.1, 0.15) is 11.6 Å². The van der Waals surface area contributed by atoms with E-state index < -0.39 is 0 Å². The third-order valence-corrected chi connectivity index (χ3v) is 3.30. The summed E-state index contributed by atoms with van der Waals surface area (Å²) in [4.78, 5) is 13.4. The maximum absolute atomic E-state index is 5.14. The Hall–Kier alpha value is -1.53. The van der Waals surface area contributed by atoms with Crippen molar-refractivity contribution in [1.29, 1.82) is 0 Å². The number of nitrogens with zero attached hydrogens (tertiary/aromatic N) is 3. The molecule has 0 saturated heterocycles. The number of rotatable bonds is 6. The third kappa shape index (κ3) is 3.97. The number of hydrogen-bond acceptors (Lipinski definition) is 6. The first-order valence-corrected chi connectivity index (χ1v) is 7.10. The fourth-order valence-corrected chi connectivity index (χ4v) is 2.39. The number of aromatic nitrogens is 3. The van der Waals surface area contributed by atoms with Crippen LogP contribution in [0.15, 0.2) is 11.4 Å². The van der Waals surface area contributed by atoms with Gasteiger partial charge in [-0.25, -0.2) is 15.0 Å². The summed E-state index contributed by atoms with van der Waals surface area (Å²) in [5, 5.41) is 6.33. The molecule has 1 N–H and O–H groups in total. The highest BCUT2D eigenvalue weighted by Gasteiger charge is 2.07. The Labute approximate surface area is 117 Å². The number of anilines is 1. The molecule has 0 fully saturated rings. The second-order valence-electron chi connectivity index (χ2n) is 4.16. The Morgan fingerprint density at radius 2 is 2.11 bits per heavy atom. The quantitative estimate of drug-likeness (QED) is 0.879. The van der Waals surface area contributed by atoms with Crippen LogP contribution in [-0.4, -0.2) is 28.6 Å². The summed E-state index contributed by atoms with van der Waals surface area (Å²) in [6, 6.07) is 1.92. The van der Waals surface area contributed by atoms with Crippen molar-refractivity contribution in [1.82, 2.24) is 15.0 Å². The molecule has 0 unspecified atom stereocenters. The van der Waals surface area contributed by atoms with Gasteiger partial charge in [0, 0.05) is 25.1 Å². The first kappa shape index (κ1) is 13.9. The lowest BCUT2D eigenvalue weighted by Gasteiger charge is -2.07. The molecular formula is C13H18N4OS. The summed E-state index contributed by atoms with van der Waals surface area (Å²) in [5.41, 5.74) is 1.90. The second kappa shape index (κ2) is 6.58. The van der Waals surface area contributed by atoms with E-state index in [1.807, 2.05) is 19.9 Å². The van der Waals surface area contributed by atoms with Crippen molar-refractivity contribution >= 4 is 17.2 Å². The van der Waals surface area contributed by atoms with Gasteiger partial charge in [0.15, 0.2) is 0 Å². The fourth-order valence-electron chi connectivity index (χ4n) is 1.78. The van der Waals surface area contributed by atoms with Gasteiger partial charge in [-0.2, -0.15) is 0 Å². The van der Waals surface area contributed by atoms with Crippen molar-refractivity contribution in [3.05, 3.63) is 33.7 Å². The Morgan fingerprint density at radius 1 is 1.26 bits per heavy atom. The van der Waals surface area contributed by atoms with Crippen LogP contribution < -0.4 is 5.32 Å². The summed E-state index contributed by atoms with van der Waals surface area (Å²) in [5.74, 6) is 1.61. The number of thiazole rings is 1. The molecule has 2 aromatic rings. The predicted octanol–water partition coefficient (Wildman–Crippen LogP) is 2.41. The van der Waals surface area contributed by atoms with Crippen molar-refractivity contribution in [2.45, 2.75) is 26.9 Å². The molecule has 2 heterocycles. The van der Waals surface area contributed by atoms with Gasteiger partial charge in [-0.05, 0) is 13.8 Å². The Bertz CT molecular complexity index is 517. The molecule has 0 spiro atoms. The predicted molar refractivity (Wildman–Crippen MR) is 76.6 cm³/mol. The van der Waals surface area contributed by atoms with Crippen LogP contribution in [0.2, 0.25) is 0 Å². The van der Waals surface area contributed by atoms with Crippen LogP contribution in [0.4, 0.5) is 5.82 Å².